The van der Waals surface area contributed by atoms with E-state index in [2.05, 4.69) is 5.32 Å². The summed E-state index contributed by atoms with van der Waals surface area (Å²) in [5.41, 5.74) is 0.550. The summed E-state index contributed by atoms with van der Waals surface area (Å²) >= 11 is 0. The highest BCUT2D eigenvalue weighted by Crippen LogP contribution is 2.30. The fraction of sp³-hybridized carbons (Fsp3) is 0.278. The summed E-state index contributed by atoms with van der Waals surface area (Å²) in [6.07, 6.45) is -4.40. The van der Waals surface area contributed by atoms with Gasteiger partial charge in [-0.3, -0.25) is 4.79 Å². The van der Waals surface area contributed by atoms with Crippen LogP contribution in [0.2, 0.25) is 0 Å². The molecule has 0 saturated carbocycles. The van der Waals surface area contributed by atoms with E-state index in [1.54, 1.807) is 6.92 Å². The molecule has 0 amide bonds. The van der Waals surface area contributed by atoms with Gasteiger partial charge in [0.05, 0.1) is 18.1 Å². The summed E-state index contributed by atoms with van der Waals surface area (Å²) in [5, 5.41) is 3.10. The molecule has 2 aromatic carbocycles. The van der Waals surface area contributed by atoms with Gasteiger partial charge in [-0.15, -0.1) is 0 Å². The van der Waals surface area contributed by atoms with E-state index >= 15 is 0 Å². The van der Waals surface area contributed by atoms with Crippen LogP contribution in [0.15, 0.2) is 54.6 Å². The Bertz CT molecular complexity index is 654. The predicted octanol–water partition coefficient (Wildman–Crippen LogP) is 4.46. The molecular formula is C18H18F3NO2. The number of benzene rings is 2. The molecule has 128 valence electrons. The Morgan fingerprint density at radius 3 is 2.25 bits per heavy atom. The number of hydrogen-bond acceptors (Lipinski definition) is 3. The number of halogens is 3. The Labute approximate surface area is 138 Å². The van der Waals surface area contributed by atoms with Crippen LogP contribution in [-0.4, -0.2) is 19.1 Å². The first-order valence-corrected chi connectivity index (χ1v) is 7.54. The van der Waals surface area contributed by atoms with Crippen molar-refractivity contribution in [1.82, 2.24) is 0 Å². The van der Waals surface area contributed by atoms with Gasteiger partial charge in [0.2, 0.25) is 0 Å². The predicted molar refractivity (Wildman–Crippen MR) is 85.7 cm³/mol. The van der Waals surface area contributed by atoms with Gasteiger partial charge in [-0.1, -0.05) is 30.3 Å². The Balaban J connectivity index is 2.17. The molecule has 24 heavy (non-hydrogen) atoms. The number of rotatable bonds is 6. The van der Waals surface area contributed by atoms with Gasteiger partial charge in [-0.2, -0.15) is 13.2 Å². The summed E-state index contributed by atoms with van der Waals surface area (Å²) < 4.78 is 43.0. The molecule has 0 unspecified atom stereocenters. The first kappa shape index (κ1) is 17.8. The van der Waals surface area contributed by atoms with E-state index in [-0.39, 0.29) is 13.2 Å². The third kappa shape index (κ3) is 4.75. The van der Waals surface area contributed by atoms with Crippen molar-refractivity contribution in [2.75, 3.05) is 18.5 Å². The van der Waals surface area contributed by atoms with Crippen molar-refractivity contribution in [2.24, 2.45) is 0 Å². The maximum Gasteiger partial charge on any atom is 0.416 e. The lowest BCUT2D eigenvalue weighted by atomic mass is 9.97. The van der Waals surface area contributed by atoms with Crippen LogP contribution in [0.1, 0.15) is 24.0 Å². The van der Waals surface area contributed by atoms with Crippen LogP contribution >= 0.6 is 0 Å². The minimum atomic E-state index is -4.40. The number of carbonyl (C=O) groups is 1. The van der Waals surface area contributed by atoms with Crippen LogP contribution < -0.4 is 5.32 Å². The summed E-state index contributed by atoms with van der Waals surface area (Å²) in [6, 6.07) is 13.8. The molecule has 2 rings (SSSR count). The molecule has 0 fully saturated rings. The number of anilines is 1. The van der Waals surface area contributed by atoms with Crippen LogP contribution in [0.4, 0.5) is 18.9 Å². The van der Waals surface area contributed by atoms with Crippen molar-refractivity contribution in [2.45, 2.75) is 19.0 Å². The van der Waals surface area contributed by atoms with Crippen LogP contribution in [0.25, 0.3) is 0 Å². The molecule has 0 aliphatic rings. The second kappa shape index (κ2) is 7.86. The molecule has 0 spiro atoms. The Morgan fingerprint density at radius 2 is 1.71 bits per heavy atom. The lowest BCUT2D eigenvalue weighted by Crippen LogP contribution is -2.23. The number of hydrogen-bond donors (Lipinski definition) is 1. The van der Waals surface area contributed by atoms with Gasteiger partial charge in [-0.25, -0.2) is 0 Å². The van der Waals surface area contributed by atoms with Crippen molar-refractivity contribution in [3.05, 3.63) is 65.7 Å². The van der Waals surface area contributed by atoms with E-state index in [0.717, 1.165) is 17.8 Å². The van der Waals surface area contributed by atoms with Crippen LogP contribution in [0.5, 0.6) is 0 Å². The van der Waals surface area contributed by atoms with Crippen molar-refractivity contribution >= 4 is 11.7 Å². The number of alkyl halides is 3. The largest absolute Gasteiger partial charge is 0.465 e. The highest BCUT2D eigenvalue weighted by atomic mass is 19.4. The molecule has 0 heterocycles. The molecule has 1 N–H and O–H groups in total. The molecule has 3 nitrogen and oxygen atoms in total. The standard InChI is InChI=1S/C18H18F3NO2/c1-2-24-17(23)16(12-22-15-6-4-3-5-7-15)13-8-10-14(11-9-13)18(19,20)21/h3-11,16,22H,2,12H2,1H3/t16-/m1/s1. The lowest BCUT2D eigenvalue weighted by Gasteiger charge is -2.18. The fourth-order valence-corrected chi connectivity index (χ4v) is 2.26. The molecule has 0 saturated heterocycles. The van der Waals surface area contributed by atoms with Gasteiger partial charge in [0.15, 0.2) is 0 Å². The first-order valence-electron chi connectivity index (χ1n) is 7.54. The van der Waals surface area contributed by atoms with Gasteiger partial charge < -0.3 is 10.1 Å². The zero-order valence-electron chi connectivity index (χ0n) is 13.1. The van der Waals surface area contributed by atoms with E-state index in [1.165, 1.54) is 12.1 Å². The molecule has 0 aliphatic heterocycles. The van der Waals surface area contributed by atoms with Gasteiger partial charge >= 0.3 is 12.1 Å². The second-order valence-electron chi connectivity index (χ2n) is 5.17. The maximum absolute atomic E-state index is 12.7. The fourth-order valence-electron chi connectivity index (χ4n) is 2.26. The number of nitrogens with one attached hydrogen (secondary N) is 1. The summed E-state index contributed by atoms with van der Waals surface area (Å²) in [6.45, 7) is 2.13. The first-order chi connectivity index (χ1) is 11.4. The monoisotopic (exact) mass is 337 g/mol. The van der Waals surface area contributed by atoms with E-state index < -0.39 is 23.6 Å². The zero-order valence-corrected chi connectivity index (χ0v) is 13.1. The Kier molecular flexibility index (Phi) is 5.84. The molecule has 1 atom stereocenters. The van der Waals surface area contributed by atoms with Crippen molar-refractivity contribution in [1.29, 1.82) is 0 Å². The molecule has 2 aromatic rings. The number of ether oxygens (including phenoxy) is 1. The molecule has 0 radical (unpaired) electrons. The molecule has 6 heteroatoms. The molecule has 0 aromatic heterocycles. The number of para-hydroxylation sites is 1. The van der Waals surface area contributed by atoms with Gasteiger partial charge in [0.25, 0.3) is 0 Å². The lowest BCUT2D eigenvalue weighted by molar-refractivity contribution is -0.144. The van der Waals surface area contributed by atoms with Crippen molar-refractivity contribution < 1.29 is 22.7 Å². The van der Waals surface area contributed by atoms with E-state index in [4.69, 9.17) is 4.74 Å². The van der Waals surface area contributed by atoms with E-state index in [9.17, 15) is 18.0 Å². The summed E-state index contributed by atoms with van der Waals surface area (Å²) in [7, 11) is 0. The highest BCUT2D eigenvalue weighted by molar-refractivity contribution is 5.79. The average molecular weight is 337 g/mol. The molecule has 0 aliphatic carbocycles. The van der Waals surface area contributed by atoms with Crippen molar-refractivity contribution in [3.63, 3.8) is 0 Å². The average Bonchev–Trinajstić information content (AvgIpc) is 2.56. The van der Waals surface area contributed by atoms with Gasteiger partial charge in [0.1, 0.15) is 0 Å². The van der Waals surface area contributed by atoms with Gasteiger partial charge in [0, 0.05) is 12.2 Å². The van der Waals surface area contributed by atoms with Gasteiger partial charge in [-0.05, 0) is 36.8 Å². The second-order valence-corrected chi connectivity index (χ2v) is 5.17. The third-order valence-corrected chi connectivity index (χ3v) is 3.50. The molecular weight excluding hydrogens is 319 g/mol. The van der Waals surface area contributed by atoms with Crippen LogP contribution in [0, 0.1) is 0 Å². The normalized spacial score (nSPS) is 12.5. The highest BCUT2D eigenvalue weighted by Gasteiger charge is 2.31. The van der Waals surface area contributed by atoms with Crippen LogP contribution in [0.3, 0.4) is 0 Å². The van der Waals surface area contributed by atoms with Crippen LogP contribution in [-0.2, 0) is 15.7 Å². The minimum absolute atomic E-state index is 0.210. The van der Waals surface area contributed by atoms with E-state index in [0.29, 0.717) is 5.56 Å². The Morgan fingerprint density at radius 1 is 1.08 bits per heavy atom. The van der Waals surface area contributed by atoms with E-state index in [1.807, 2.05) is 30.3 Å². The summed E-state index contributed by atoms with van der Waals surface area (Å²) in [4.78, 5) is 12.2. The number of esters is 1. The smallest absolute Gasteiger partial charge is 0.416 e. The summed E-state index contributed by atoms with van der Waals surface area (Å²) in [5.74, 6) is -1.16. The Hall–Kier alpha value is -2.50. The SMILES string of the molecule is CCOC(=O)[C@H](CNc1ccccc1)c1ccc(C(F)(F)F)cc1. The third-order valence-electron chi connectivity index (χ3n) is 3.50. The minimum Gasteiger partial charge on any atom is -0.465 e. The van der Waals surface area contributed by atoms with Crippen molar-refractivity contribution in [3.8, 4) is 0 Å². The quantitative estimate of drug-likeness (QED) is 0.791. The zero-order chi connectivity index (χ0) is 17.6. The topological polar surface area (TPSA) is 38.3 Å². The number of carbonyl (C=O) groups excluding carboxylic acids is 1. The maximum atomic E-state index is 12.7. The molecule has 0 bridgehead atoms.